The van der Waals surface area contributed by atoms with Gasteiger partial charge in [0, 0.05) is 73.6 Å². The Balaban J connectivity index is 1.08. The van der Waals surface area contributed by atoms with Gasteiger partial charge >= 0.3 is 0 Å². The molecule has 0 N–H and O–H groups in total. The standard InChI is InChI=1S/C49H31NOS2/c1-49(2)39-13-7-5-11-33(39)34-19-16-29(25-40(34)49)50(30-17-20-36-35-12-6-8-14-42(35)52-44(36)26-30)31-18-21-37-45(27-31)53-43-24-22-38-46-32-10-4-3-9-28(32)15-23-41(46)51-48(38)47(37)43/h3-27H,1-2H3. The highest BCUT2D eigenvalue weighted by Crippen LogP contribution is 2.52. The second-order valence-corrected chi connectivity index (χ2v) is 17.0. The van der Waals surface area contributed by atoms with Crippen molar-refractivity contribution in [3.63, 3.8) is 0 Å². The Morgan fingerprint density at radius 3 is 1.98 bits per heavy atom. The summed E-state index contributed by atoms with van der Waals surface area (Å²) in [5.41, 5.74) is 10.7. The monoisotopic (exact) mass is 713 g/mol. The molecule has 4 heteroatoms. The van der Waals surface area contributed by atoms with Crippen molar-refractivity contribution in [3.05, 3.63) is 163 Å². The van der Waals surface area contributed by atoms with Gasteiger partial charge in [-0.25, -0.2) is 0 Å². The average molecular weight is 714 g/mol. The summed E-state index contributed by atoms with van der Waals surface area (Å²) in [6.45, 7) is 4.72. The van der Waals surface area contributed by atoms with Crippen LogP contribution >= 0.6 is 22.7 Å². The van der Waals surface area contributed by atoms with Crippen molar-refractivity contribution in [2.75, 3.05) is 4.90 Å². The highest BCUT2D eigenvalue weighted by atomic mass is 32.1. The van der Waals surface area contributed by atoms with Gasteiger partial charge in [0.05, 0.1) is 0 Å². The lowest BCUT2D eigenvalue weighted by atomic mass is 9.82. The van der Waals surface area contributed by atoms with Gasteiger partial charge in [0.25, 0.3) is 0 Å². The van der Waals surface area contributed by atoms with Crippen molar-refractivity contribution >= 4 is 113 Å². The van der Waals surface area contributed by atoms with Crippen LogP contribution in [-0.4, -0.2) is 0 Å². The molecule has 8 aromatic carbocycles. The molecule has 250 valence electrons. The number of hydrogen-bond acceptors (Lipinski definition) is 4. The van der Waals surface area contributed by atoms with Gasteiger partial charge in [-0.1, -0.05) is 105 Å². The summed E-state index contributed by atoms with van der Waals surface area (Å²) in [4.78, 5) is 2.45. The molecule has 0 amide bonds. The zero-order chi connectivity index (χ0) is 35.0. The van der Waals surface area contributed by atoms with Crippen LogP contribution in [0.1, 0.15) is 25.0 Å². The normalized spacial score (nSPS) is 13.6. The molecular weight excluding hydrogens is 683 g/mol. The van der Waals surface area contributed by atoms with Crippen molar-refractivity contribution in [1.29, 1.82) is 0 Å². The number of anilines is 3. The zero-order valence-electron chi connectivity index (χ0n) is 29.1. The Kier molecular flexibility index (Phi) is 5.91. The number of furan rings is 1. The van der Waals surface area contributed by atoms with Gasteiger partial charge in [-0.3, -0.25) is 0 Å². The van der Waals surface area contributed by atoms with E-state index in [2.05, 4.69) is 170 Å². The van der Waals surface area contributed by atoms with Crippen LogP contribution in [0.15, 0.2) is 156 Å². The summed E-state index contributed by atoms with van der Waals surface area (Å²) >= 11 is 3.71. The minimum Gasteiger partial charge on any atom is -0.455 e. The first-order valence-electron chi connectivity index (χ1n) is 18.2. The first-order chi connectivity index (χ1) is 26.0. The van der Waals surface area contributed by atoms with Crippen molar-refractivity contribution in [1.82, 2.24) is 0 Å². The molecular formula is C49H31NOS2. The van der Waals surface area contributed by atoms with Gasteiger partial charge in [-0.2, -0.15) is 0 Å². The molecule has 53 heavy (non-hydrogen) atoms. The summed E-state index contributed by atoms with van der Waals surface area (Å²) in [5.74, 6) is 0. The van der Waals surface area contributed by atoms with E-state index in [4.69, 9.17) is 4.42 Å². The van der Waals surface area contributed by atoms with Gasteiger partial charge in [0.15, 0.2) is 0 Å². The van der Waals surface area contributed by atoms with Gasteiger partial charge in [0.1, 0.15) is 11.2 Å². The van der Waals surface area contributed by atoms with Gasteiger partial charge in [0.2, 0.25) is 0 Å². The molecule has 0 spiro atoms. The molecule has 0 atom stereocenters. The number of rotatable bonds is 3. The summed E-state index contributed by atoms with van der Waals surface area (Å²) in [5, 5.41) is 9.89. The maximum absolute atomic E-state index is 6.71. The SMILES string of the molecule is CC1(C)c2ccccc2-c2ccc(N(c3ccc4c(c3)sc3ccccc34)c3ccc4c(c3)sc3ccc5c(oc6ccc7ccccc7c65)c34)cc21. The number of hydrogen-bond donors (Lipinski definition) is 0. The van der Waals surface area contributed by atoms with Crippen molar-refractivity contribution in [2.24, 2.45) is 0 Å². The summed E-state index contributed by atoms with van der Waals surface area (Å²) < 4.78 is 11.8. The van der Waals surface area contributed by atoms with Crippen LogP contribution in [-0.2, 0) is 5.41 Å². The minimum absolute atomic E-state index is 0.0955. The molecule has 1 aliphatic carbocycles. The molecule has 0 saturated carbocycles. The van der Waals surface area contributed by atoms with E-state index in [1.54, 1.807) is 0 Å². The van der Waals surface area contributed by atoms with Crippen molar-refractivity contribution < 1.29 is 4.42 Å². The Labute approximate surface area is 313 Å². The van der Waals surface area contributed by atoms with E-state index in [0.717, 1.165) is 28.2 Å². The van der Waals surface area contributed by atoms with Gasteiger partial charge < -0.3 is 9.32 Å². The average Bonchev–Trinajstić information content (AvgIpc) is 3.93. The highest BCUT2D eigenvalue weighted by Gasteiger charge is 2.35. The Morgan fingerprint density at radius 2 is 1.09 bits per heavy atom. The van der Waals surface area contributed by atoms with Crippen molar-refractivity contribution in [2.45, 2.75) is 19.3 Å². The third-order valence-electron chi connectivity index (χ3n) is 11.7. The molecule has 0 radical (unpaired) electrons. The van der Waals surface area contributed by atoms with E-state index in [9.17, 15) is 0 Å². The topological polar surface area (TPSA) is 16.4 Å². The molecule has 0 unspecified atom stereocenters. The second-order valence-electron chi connectivity index (χ2n) is 14.9. The molecule has 0 saturated heterocycles. The smallest absolute Gasteiger partial charge is 0.144 e. The lowest BCUT2D eigenvalue weighted by molar-refractivity contribution is 0.660. The van der Waals surface area contributed by atoms with Crippen LogP contribution < -0.4 is 4.90 Å². The molecule has 11 aromatic rings. The van der Waals surface area contributed by atoms with E-state index in [1.165, 1.54) is 84.1 Å². The van der Waals surface area contributed by atoms with Gasteiger partial charge in [-0.05, 0) is 93.7 Å². The second kappa shape index (κ2) is 10.6. The van der Waals surface area contributed by atoms with Crippen molar-refractivity contribution in [3.8, 4) is 11.1 Å². The third-order valence-corrected chi connectivity index (χ3v) is 13.9. The van der Waals surface area contributed by atoms with E-state index in [0.29, 0.717) is 0 Å². The first kappa shape index (κ1) is 29.6. The highest BCUT2D eigenvalue weighted by molar-refractivity contribution is 7.26. The maximum Gasteiger partial charge on any atom is 0.144 e. The molecule has 3 aromatic heterocycles. The van der Waals surface area contributed by atoms with Crippen LogP contribution in [0.2, 0.25) is 0 Å². The Hall–Kier alpha value is -5.94. The van der Waals surface area contributed by atoms with Crippen LogP contribution in [0.5, 0.6) is 0 Å². The van der Waals surface area contributed by atoms with Crippen LogP contribution in [0.4, 0.5) is 17.1 Å². The van der Waals surface area contributed by atoms with E-state index in [1.807, 2.05) is 22.7 Å². The molecule has 3 heterocycles. The van der Waals surface area contributed by atoms with Crippen LogP contribution in [0, 0.1) is 0 Å². The van der Waals surface area contributed by atoms with Crippen LogP contribution in [0.3, 0.4) is 0 Å². The predicted octanol–water partition coefficient (Wildman–Crippen LogP) is 15.3. The Morgan fingerprint density at radius 1 is 0.453 bits per heavy atom. The fourth-order valence-electron chi connectivity index (χ4n) is 9.12. The summed E-state index contributed by atoms with van der Waals surface area (Å²) in [6.07, 6.45) is 0. The first-order valence-corrected chi connectivity index (χ1v) is 19.8. The van der Waals surface area contributed by atoms with Gasteiger partial charge in [-0.15, -0.1) is 22.7 Å². The Bertz CT molecular complexity index is 3340. The third kappa shape index (κ3) is 4.08. The fourth-order valence-corrected chi connectivity index (χ4v) is 11.4. The van der Waals surface area contributed by atoms with E-state index in [-0.39, 0.29) is 5.41 Å². The van der Waals surface area contributed by atoms with Crippen LogP contribution in [0.25, 0.3) is 84.2 Å². The molecule has 0 bridgehead atoms. The largest absolute Gasteiger partial charge is 0.455 e. The summed E-state index contributed by atoms with van der Waals surface area (Å²) in [6, 6.07) is 56.1. The predicted molar refractivity (Wildman–Crippen MR) is 229 cm³/mol. The quantitative estimate of drug-likeness (QED) is 0.181. The number of fused-ring (bicyclic) bond motifs is 15. The molecule has 2 nitrogen and oxygen atoms in total. The maximum atomic E-state index is 6.71. The fraction of sp³-hybridized carbons (Fsp3) is 0.0612. The zero-order valence-corrected chi connectivity index (χ0v) is 30.7. The molecule has 0 fully saturated rings. The summed E-state index contributed by atoms with van der Waals surface area (Å²) in [7, 11) is 0. The number of benzene rings is 8. The molecule has 0 aliphatic heterocycles. The number of nitrogens with zero attached hydrogens (tertiary/aromatic N) is 1. The lowest BCUT2D eigenvalue weighted by Crippen LogP contribution is -2.16. The molecule has 12 rings (SSSR count). The van der Waals surface area contributed by atoms with E-state index < -0.39 is 0 Å². The lowest BCUT2D eigenvalue weighted by Gasteiger charge is -2.28. The van der Waals surface area contributed by atoms with E-state index >= 15 is 0 Å². The number of thiophene rings is 2. The minimum atomic E-state index is -0.0955. The molecule has 1 aliphatic rings.